The number of aromatic nitrogens is 1. The van der Waals surface area contributed by atoms with E-state index in [0.29, 0.717) is 0 Å². The van der Waals surface area contributed by atoms with E-state index in [1.54, 1.807) is 0 Å². The number of fused-ring (bicyclic) bond motifs is 1. The maximum atomic E-state index is 3.30. The third kappa shape index (κ3) is 1.35. The standard InChI is InChI=1S/C13H15N/c1-3-10(4-2)12-9-14-13-8-6-5-7-11(12)13/h3,5-9,14H,4H2,1-2H3/b10-3-. The quantitative estimate of drug-likeness (QED) is 0.728. The van der Waals surface area contributed by atoms with Crippen molar-refractivity contribution in [1.82, 2.24) is 4.98 Å². The average molecular weight is 185 g/mol. The molecule has 0 saturated heterocycles. The number of rotatable bonds is 2. The van der Waals surface area contributed by atoms with Crippen molar-refractivity contribution in [1.29, 1.82) is 0 Å². The van der Waals surface area contributed by atoms with Crippen molar-refractivity contribution in [3.8, 4) is 0 Å². The van der Waals surface area contributed by atoms with Crippen LogP contribution in [0, 0.1) is 0 Å². The highest BCUT2D eigenvalue weighted by molar-refractivity contribution is 5.92. The van der Waals surface area contributed by atoms with E-state index in [4.69, 9.17) is 0 Å². The van der Waals surface area contributed by atoms with Crippen LogP contribution in [0.4, 0.5) is 0 Å². The van der Waals surface area contributed by atoms with Gasteiger partial charge in [0.15, 0.2) is 0 Å². The SMILES string of the molecule is C/C=C(/CC)c1c[nH]c2ccccc12. The molecule has 0 atom stereocenters. The Bertz CT molecular complexity index is 463. The Morgan fingerprint density at radius 3 is 2.86 bits per heavy atom. The molecule has 1 heterocycles. The minimum atomic E-state index is 1.08. The monoisotopic (exact) mass is 185 g/mol. The fourth-order valence-corrected chi connectivity index (χ4v) is 1.89. The predicted octanol–water partition coefficient (Wildman–Crippen LogP) is 3.98. The van der Waals surface area contributed by atoms with Gasteiger partial charge in [-0.25, -0.2) is 0 Å². The summed E-state index contributed by atoms with van der Waals surface area (Å²) in [6.07, 6.45) is 5.37. The second-order valence-corrected chi connectivity index (χ2v) is 3.42. The predicted molar refractivity (Wildman–Crippen MR) is 62.2 cm³/mol. The molecule has 0 radical (unpaired) electrons. The average Bonchev–Trinajstić information content (AvgIpc) is 2.65. The zero-order valence-corrected chi connectivity index (χ0v) is 8.67. The molecule has 2 rings (SSSR count). The first-order valence-corrected chi connectivity index (χ1v) is 5.08. The van der Waals surface area contributed by atoms with Gasteiger partial charge in [-0.15, -0.1) is 0 Å². The summed E-state index contributed by atoms with van der Waals surface area (Å²) in [5.74, 6) is 0. The van der Waals surface area contributed by atoms with Gasteiger partial charge in [-0.2, -0.15) is 0 Å². The summed E-state index contributed by atoms with van der Waals surface area (Å²) in [5.41, 5.74) is 3.96. The van der Waals surface area contributed by atoms with E-state index >= 15 is 0 Å². The fourth-order valence-electron chi connectivity index (χ4n) is 1.89. The molecule has 1 heteroatoms. The van der Waals surface area contributed by atoms with Crippen molar-refractivity contribution < 1.29 is 0 Å². The maximum Gasteiger partial charge on any atom is 0.0460 e. The number of H-pyrrole nitrogens is 1. The van der Waals surface area contributed by atoms with Crippen LogP contribution in [0.3, 0.4) is 0 Å². The van der Waals surface area contributed by atoms with Gasteiger partial charge in [-0.3, -0.25) is 0 Å². The fraction of sp³-hybridized carbons (Fsp3) is 0.231. The van der Waals surface area contributed by atoms with E-state index < -0.39 is 0 Å². The van der Waals surface area contributed by atoms with E-state index in [9.17, 15) is 0 Å². The van der Waals surface area contributed by atoms with Crippen LogP contribution in [-0.4, -0.2) is 4.98 Å². The summed E-state index contributed by atoms with van der Waals surface area (Å²) in [5, 5.41) is 1.32. The number of benzene rings is 1. The Morgan fingerprint density at radius 1 is 1.36 bits per heavy atom. The zero-order valence-electron chi connectivity index (χ0n) is 8.67. The third-order valence-corrected chi connectivity index (χ3v) is 2.66. The largest absolute Gasteiger partial charge is 0.361 e. The summed E-state index contributed by atoms with van der Waals surface area (Å²) in [6.45, 7) is 4.29. The first-order valence-electron chi connectivity index (χ1n) is 5.08. The van der Waals surface area contributed by atoms with Crippen LogP contribution in [0.2, 0.25) is 0 Å². The van der Waals surface area contributed by atoms with Gasteiger partial charge < -0.3 is 4.98 Å². The molecule has 0 aliphatic carbocycles. The molecule has 1 aromatic carbocycles. The highest BCUT2D eigenvalue weighted by atomic mass is 14.7. The molecule has 0 amide bonds. The van der Waals surface area contributed by atoms with Crippen molar-refractivity contribution in [2.75, 3.05) is 0 Å². The minimum absolute atomic E-state index is 1.08. The van der Waals surface area contributed by atoms with Crippen LogP contribution in [0.5, 0.6) is 0 Å². The lowest BCUT2D eigenvalue weighted by molar-refractivity contribution is 1.24. The van der Waals surface area contributed by atoms with Gasteiger partial charge in [0, 0.05) is 22.7 Å². The Kier molecular flexibility index (Phi) is 2.40. The first-order chi connectivity index (χ1) is 6.86. The van der Waals surface area contributed by atoms with Crippen molar-refractivity contribution >= 4 is 16.5 Å². The molecule has 0 aliphatic rings. The molecular weight excluding hydrogens is 170 g/mol. The molecule has 72 valence electrons. The highest BCUT2D eigenvalue weighted by Gasteiger charge is 2.04. The van der Waals surface area contributed by atoms with Crippen LogP contribution in [-0.2, 0) is 0 Å². The molecular formula is C13H15N. The molecule has 1 aromatic heterocycles. The molecule has 0 spiro atoms. The second-order valence-electron chi connectivity index (χ2n) is 3.42. The second kappa shape index (κ2) is 3.70. The molecule has 0 fully saturated rings. The Hall–Kier alpha value is -1.50. The molecule has 0 aliphatic heterocycles. The number of para-hydroxylation sites is 1. The van der Waals surface area contributed by atoms with Crippen LogP contribution in [0.25, 0.3) is 16.5 Å². The van der Waals surface area contributed by atoms with Crippen LogP contribution < -0.4 is 0 Å². The molecule has 0 bridgehead atoms. The van der Waals surface area contributed by atoms with Crippen LogP contribution >= 0.6 is 0 Å². The van der Waals surface area contributed by atoms with E-state index in [1.807, 2.05) is 0 Å². The van der Waals surface area contributed by atoms with Gasteiger partial charge in [0.05, 0.1) is 0 Å². The lowest BCUT2D eigenvalue weighted by atomic mass is 10.0. The Balaban J connectivity index is 2.63. The zero-order chi connectivity index (χ0) is 9.97. The minimum Gasteiger partial charge on any atom is -0.361 e. The van der Waals surface area contributed by atoms with Crippen molar-refractivity contribution in [2.24, 2.45) is 0 Å². The number of hydrogen-bond acceptors (Lipinski definition) is 0. The van der Waals surface area contributed by atoms with Gasteiger partial charge in [-0.1, -0.05) is 31.2 Å². The smallest absolute Gasteiger partial charge is 0.0460 e. The topological polar surface area (TPSA) is 15.8 Å². The van der Waals surface area contributed by atoms with Gasteiger partial charge in [0.1, 0.15) is 0 Å². The summed E-state index contributed by atoms with van der Waals surface area (Å²) in [6, 6.07) is 8.43. The third-order valence-electron chi connectivity index (χ3n) is 2.66. The summed E-state index contributed by atoms with van der Waals surface area (Å²) < 4.78 is 0. The summed E-state index contributed by atoms with van der Waals surface area (Å²) in [7, 11) is 0. The number of aromatic amines is 1. The Morgan fingerprint density at radius 2 is 2.14 bits per heavy atom. The number of nitrogens with one attached hydrogen (secondary N) is 1. The molecule has 0 saturated carbocycles. The van der Waals surface area contributed by atoms with Gasteiger partial charge in [0.25, 0.3) is 0 Å². The van der Waals surface area contributed by atoms with Gasteiger partial charge in [0.2, 0.25) is 0 Å². The summed E-state index contributed by atoms with van der Waals surface area (Å²) >= 11 is 0. The van der Waals surface area contributed by atoms with Crippen LogP contribution in [0.15, 0.2) is 36.5 Å². The summed E-state index contributed by atoms with van der Waals surface area (Å²) in [4.78, 5) is 3.30. The molecule has 2 aromatic rings. The Labute approximate surface area is 84.5 Å². The number of allylic oxidation sites excluding steroid dienone is 2. The molecule has 0 unspecified atom stereocenters. The van der Waals surface area contributed by atoms with Crippen molar-refractivity contribution in [3.05, 3.63) is 42.1 Å². The normalized spacial score (nSPS) is 12.3. The molecule has 1 nitrogen and oxygen atoms in total. The molecule has 1 N–H and O–H groups in total. The maximum absolute atomic E-state index is 3.30. The number of hydrogen-bond donors (Lipinski definition) is 1. The van der Waals surface area contributed by atoms with E-state index in [2.05, 4.69) is 55.4 Å². The first kappa shape index (κ1) is 9.07. The molecule has 14 heavy (non-hydrogen) atoms. The van der Waals surface area contributed by atoms with Gasteiger partial charge >= 0.3 is 0 Å². The van der Waals surface area contributed by atoms with E-state index in [1.165, 1.54) is 22.0 Å². The lowest BCUT2D eigenvalue weighted by Crippen LogP contribution is -1.78. The highest BCUT2D eigenvalue weighted by Crippen LogP contribution is 2.26. The van der Waals surface area contributed by atoms with Crippen molar-refractivity contribution in [2.45, 2.75) is 20.3 Å². The van der Waals surface area contributed by atoms with Crippen LogP contribution in [0.1, 0.15) is 25.8 Å². The van der Waals surface area contributed by atoms with Crippen molar-refractivity contribution in [3.63, 3.8) is 0 Å². The van der Waals surface area contributed by atoms with Gasteiger partial charge in [-0.05, 0) is 25.0 Å². The van der Waals surface area contributed by atoms with E-state index in [-0.39, 0.29) is 0 Å². The lowest BCUT2D eigenvalue weighted by Gasteiger charge is -2.01. The van der Waals surface area contributed by atoms with E-state index in [0.717, 1.165) is 6.42 Å².